The van der Waals surface area contributed by atoms with Gasteiger partial charge in [0.25, 0.3) is 5.91 Å². The third kappa shape index (κ3) is 3.30. The molecule has 2 atom stereocenters. The molecule has 0 spiro atoms. The molecule has 0 saturated carbocycles. The summed E-state index contributed by atoms with van der Waals surface area (Å²) in [6.45, 7) is 3.92. The zero-order valence-electron chi connectivity index (χ0n) is 14.6. The topological polar surface area (TPSA) is 89.0 Å². The standard InChI is InChI=1S/C16H23N3O5S/c1-4-18-7-8-19(13-10-25(21,22)9-12(13)18)16(20)11-5-6-14(23-2)17-15(11)24-3/h5-6,12-13H,4,7-10H2,1-3H3/t12-,13+/m0/s1. The molecule has 0 N–H and O–H groups in total. The number of carbonyl (C=O) groups excluding carboxylic acids is 1. The lowest BCUT2D eigenvalue weighted by atomic mass is 10.0. The van der Waals surface area contributed by atoms with Crippen molar-refractivity contribution in [2.75, 3.05) is 45.4 Å². The first-order valence-electron chi connectivity index (χ1n) is 8.24. The van der Waals surface area contributed by atoms with E-state index >= 15 is 0 Å². The van der Waals surface area contributed by atoms with Gasteiger partial charge in [-0.3, -0.25) is 9.69 Å². The minimum absolute atomic E-state index is 0.00576. The first-order valence-corrected chi connectivity index (χ1v) is 10.1. The van der Waals surface area contributed by atoms with E-state index in [4.69, 9.17) is 9.47 Å². The van der Waals surface area contributed by atoms with Gasteiger partial charge in [-0.05, 0) is 12.6 Å². The quantitative estimate of drug-likeness (QED) is 0.740. The fraction of sp³-hybridized carbons (Fsp3) is 0.625. The second kappa shape index (κ2) is 6.80. The van der Waals surface area contributed by atoms with Crippen LogP contribution in [-0.4, -0.2) is 86.6 Å². The predicted molar refractivity (Wildman–Crippen MR) is 91.9 cm³/mol. The van der Waals surface area contributed by atoms with Crippen molar-refractivity contribution in [1.29, 1.82) is 0 Å². The summed E-state index contributed by atoms with van der Waals surface area (Å²) in [5, 5.41) is 0. The van der Waals surface area contributed by atoms with E-state index in [2.05, 4.69) is 9.88 Å². The minimum atomic E-state index is -3.15. The Morgan fingerprint density at radius 1 is 1.20 bits per heavy atom. The number of nitrogens with zero attached hydrogens (tertiary/aromatic N) is 3. The van der Waals surface area contributed by atoms with Gasteiger partial charge in [-0.25, -0.2) is 8.42 Å². The molecule has 3 rings (SSSR count). The zero-order valence-corrected chi connectivity index (χ0v) is 15.5. The van der Waals surface area contributed by atoms with E-state index in [1.807, 2.05) is 6.92 Å². The molecule has 3 heterocycles. The molecule has 0 radical (unpaired) electrons. The van der Waals surface area contributed by atoms with E-state index in [9.17, 15) is 13.2 Å². The van der Waals surface area contributed by atoms with Gasteiger partial charge in [-0.1, -0.05) is 6.92 Å². The molecule has 25 heavy (non-hydrogen) atoms. The van der Waals surface area contributed by atoms with Crippen LogP contribution in [-0.2, 0) is 9.84 Å². The van der Waals surface area contributed by atoms with Crippen LogP contribution in [0.3, 0.4) is 0 Å². The summed E-state index contributed by atoms with van der Waals surface area (Å²) in [6.07, 6.45) is 0. The van der Waals surface area contributed by atoms with Gasteiger partial charge in [0.15, 0.2) is 9.84 Å². The number of ether oxygens (including phenoxy) is 2. The lowest BCUT2D eigenvalue weighted by molar-refractivity contribution is 0.0346. The molecule has 0 aliphatic carbocycles. The number of hydrogen-bond acceptors (Lipinski definition) is 7. The van der Waals surface area contributed by atoms with Crippen LogP contribution in [0.15, 0.2) is 12.1 Å². The number of methoxy groups -OCH3 is 2. The highest BCUT2D eigenvalue weighted by Gasteiger charge is 2.48. The first-order chi connectivity index (χ1) is 11.9. The fourth-order valence-electron chi connectivity index (χ4n) is 3.68. The Bertz CT molecular complexity index is 767. The van der Waals surface area contributed by atoms with Crippen molar-refractivity contribution >= 4 is 15.7 Å². The van der Waals surface area contributed by atoms with Crippen molar-refractivity contribution < 1.29 is 22.7 Å². The number of carbonyl (C=O) groups is 1. The van der Waals surface area contributed by atoms with Crippen LogP contribution in [0.1, 0.15) is 17.3 Å². The van der Waals surface area contributed by atoms with Gasteiger partial charge in [-0.2, -0.15) is 4.98 Å². The average Bonchev–Trinajstić information content (AvgIpc) is 2.94. The molecule has 9 heteroatoms. The number of sulfone groups is 1. The Morgan fingerprint density at radius 3 is 2.56 bits per heavy atom. The van der Waals surface area contributed by atoms with Crippen molar-refractivity contribution in [2.24, 2.45) is 0 Å². The highest BCUT2D eigenvalue weighted by Crippen LogP contribution is 2.30. The third-order valence-electron chi connectivity index (χ3n) is 4.93. The summed E-state index contributed by atoms with van der Waals surface area (Å²) < 4.78 is 34.6. The maximum atomic E-state index is 13.1. The van der Waals surface area contributed by atoms with E-state index < -0.39 is 9.84 Å². The molecule has 2 saturated heterocycles. The second-order valence-corrected chi connectivity index (χ2v) is 8.40. The van der Waals surface area contributed by atoms with E-state index in [0.29, 0.717) is 24.5 Å². The summed E-state index contributed by atoms with van der Waals surface area (Å²) in [4.78, 5) is 21.0. The van der Waals surface area contributed by atoms with Crippen LogP contribution in [0, 0.1) is 0 Å². The van der Waals surface area contributed by atoms with E-state index in [0.717, 1.165) is 6.54 Å². The van der Waals surface area contributed by atoms with Crippen LogP contribution < -0.4 is 9.47 Å². The molecule has 8 nitrogen and oxygen atoms in total. The number of aromatic nitrogens is 1. The highest BCUT2D eigenvalue weighted by atomic mass is 32.2. The van der Waals surface area contributed by atoms with Crippen molar-refractivity contribution in [3.05, 3.63) is 17.7 Å². The largest absolute Gasteiger partial charge is 0.481 e. The minimum Gasteiger partial charge on any atom is -0.481 e. The Kier molecular flexibility index (Phi) is 4.88. The molecule has 0 aromatic carbocycles. The number of fused-ring (bicyclic) bond motifs is 1. The molecule has 2 fully saturated rings. The second-order valence-electron chi connectivity index (χ2n) is 6.25. The zero-order chi connectivity index (χ0) is 18.2. The van der Waals surface area contributed by atoms with Gasteiger partial charge in [0.1, 0.15) is 5.56 Å². The van der Waals surface area contributed by atoms with Gasteiger partial charge in [0.05, 0.1) is 31.8 Å². The van der Waals surface area contributed by atoms with Crippen molar-refractivity contribution in [3.63, 3.8) is 0 Å². The van der Waals surface area contributed by atoms with Crippen LogP contribution in [0.25, 0.3) is 0 Å². The molecule has 1 aromatic heterocycles. The lowest BCUT2D eigenvalue weighted by Crippen LogP contribution is -2.60. The van der Waals surface area contributed by atoms with Crippen molar-refractivity contribution in [1.82, 2.24) is 14.8 Å². The van der Waals surface area contributed by atoms with E-state index in [1.54, 1.807) is 17.0 Å². The summed E-state index contributed by atoms with van der Waals surface area (Å²) in [6, 6.07) is 2.72. The monoisotopic (exact) mass is 369 g/mol. The number of piperazine rings is 1. The number of likely N-dealkylation sites (N-methyl/N-ethyl adjacent to an activating group) is 1. The summed E-state index contributed by atoms with van der Waals surface area (Å²) >= 11 is 0. The first kappa shape index (κ1) is 17.9. The summed E-state index contributed by atoms with van der Waals surface area (Å²) in [7, 11) is -0.221. The average molecular weight is 369 g/mol. The number of pyridine rings is 1. The smallest absolute Gasteiger partial charge is 0.259 e. The molecule has 0 unspecified atom stereocenters. The van der Waals surface area contributed by atoms with Crippen LogP contribution in [0.5, 0.6) is 11.8 Å². The maximum absolute atomic E-state index is 13.1. The molecule has 1 amide bonds. The molecule has 2 aliphatic heterocycles. The van der Waals surface area contributed by atoms with Crippen LogP contribution in [0.4, 0.5) is 0 Å². The number of rotatable bonds is 4. The highest BCUT2D eigenvalue weighted by molar-refractivity contribution is 7.91. The molecular formula is C16H23N3O5S. The van der Waals surface area contributed by atoms with E-state index in [-0.39, 0.29) is 35.4 Å². The van der Waals surface area contributed by atoms with Crippen molar-refractivity contribution in [3.8, 4) is 11.8 Å². The SMILES string of the molecule is CCN1CCN(C(=O)c2ccc(OC)nc2OC)[C@@H]2CS(=O)(=O)C[C@@H]21. The van der Waals surface area contributed by atoms with Crippen LogP contribution >= 0.6 is 0 Å². The lowest BCUT2D eigenvalue weighted by Gasteiger charge is -2.43. The Balaban J connectivity index is 1.92. The van der Waals surface area contributed by atoms with Gasteiger partial charge >= 0.3 is 0 Å². The molecule has 138 valence electrons. The normalized spacial score (nSPS) is 25.5. The molecule has 0 bridgehead atoms. The predicted octanol–water partition coefficient (Wildman–Crippen LogP) is 0.0421. The van der Waals surface area contributed by atoms with Crippen molar-refractivity contribution in [2.45, 2.75) is 19.0 Å². The van der Waals surface area contributed by atoms with Gasteiger partial charge in [0.2, 0.25) is 11.8 Å². The molecule has 2 aliphatic rings. The molecular weight excluding hydrogens is 346 g/mol. The van der Waals surface area contributed by atoms with Gasteiger partial charge < -0.3 is 14.4 Å². The molecule has 1 aromatic rings. The van der Waals surface area contributed by atoms with Gasteiger partial charge in [-0.15, -0.1) is 0 Å². The summed E-state index contributed by atoms with van der Waals surface area (Å²) in [5.41, 5.74) is 0.316. The Morgan fingerprint density at radius 2 is 1.92 bits per heavy atom. The third-order valence-corrected chi connectivity index (χ3v) is 6.62. The maximum Gasteiger partial charge on any atom is 0.259 e. The van der Waals surface area contributed by atoms with Gasteiger partial charge in [0, 0.05) is 25.2 Å². The fourth-order valence-corrected chi connectivity index (χ4v) is 5.69. The van der Waals surface area contributed by atoms with E-state index in [1.165, 1.54) is 14.2 Å². The Hall–Kier alpha value is -1.87. The van der Waals surface area contributed by atoms with Crippen LogP contribution in [0.2, 0.25) is 0 Å². The number of amides is 1. The number of hydrogen-bond donors (Lipinski definition) is 0. The Labute approximate surface area is 147 Å². The summed E-state index contributed by atoms with van der Waals surface area (Å²) in [5.74, 6) is 0.388.